The van der Waals surface area contributed by atoms with Crippen LogP contribution in [0.15, 0.2) is 48.6 Å². The molecule has 0 aromatic rings. The maximum absolute atomic E-state index is 12.9. The smallest absolute Gasteiger partial charge is 0.306 e. The van der Waals surface area contributed by atoms with Crippen LogP contribution in [0.1, 0.15) is 361 Å². The Labute approximate surface area is 473 Å². The molecule has 0 saturated carbocycles. The van der Waals surface area contributed by atoms with E-state index in [-0.39, 0.29) is 31.1 Å². The van der Waals surface area contributed by atoms with E-state index in [4.69, 9.17) is 14.2 Å². The summed E-state index contributed by atoms with van der Waals surface area (Å²) in [6.07, 6.45) is 81.3. The van der Waals surface area contributed by atoms with Crippen LogP contribution in [0.5, 0.6) is 0 Å². The minimum Gasteiger partial charge on any atom is -0.462 e. The molecule has 0 spiro atoms. The standard InChI is InChI=1S/C70H128O6/c1-4-7-10-13-16-19-22-25-27-29-31-32-33-34-35-36-37-38-39-41-42-45-48-51-54-57-60-63-69(72)75-66-67(65-74-68(71)62-59-56-53-50-47-44-24-21-18-15-12-9-6-3)76-70(73)64-61-58-55-52-49-46-43-40-30-28-26-23-20-17-14-11-8-5-2/h12,15,21-22,24-25,29,31,67H,4-11,13-14,16-20,23,26-28,30,32-66H2,1-3H3/b15-12-,24-21-,25-22-,31-29-. The summed E-state index contributed by atoms with van der Waals surface area (Å²) in [4.78, 5) is 38.3. The highest BCUT2D eigenvalue weighted by Gasteiger charge is 2.19. The lowest BCUT2D eigenvalue weighted by Gasteiger charge is -2.18. The van der Waals surface area contributed by atoms with Gasteiger partial charge in [-0.05, 0) is 77.0 Å². The predicted octanol–water partition coefficient (Wildman–Crippen LogP) is 22.9. The second-order valence-electron chi connectivity index (χ2n) is 22.7. The van der Waals surface area contributed by atoms with Crippen molar-refractivity contribution in [3.05, 3.63) is 48.6 Å². The molecule has 0 aliphatic heterocycles. The SMILES string of the molecule is CCC/C=C\C/C=C\CCCCCCCC(=O)OCC(COC(=O)CCCCCCCCCCCCCCCCC/C=C\C/C=C\CCCCCCC)OC(=O)CCCCCCCCCCCCCCCCCCCC. The molecule has 0 aromatic heterocycles. The first-order chi connectivity index (χ1) is 37.5. The zero-order valence-electron chi connectivity index (χ0n) is 51.0. The van der Waals surface area contributed by atoms with Gasteiger partial charge in [0.05, 0.1) is 0 Å². The maximum Gasteiger partial charge on any atom is 0.306 e. The monoisotopic (exact) mass is 1060 g/mol. The molecule has 0 N–H and O–H groups in total. The summed E-state index contributed by atoms with van der Waals surface area (Å²) in [5, 5.41) is 0. The molecule has 0 fully saturated rings. The quantitative estimate of drug-likeness (QED) is 0.0261. The van der Waals surface area contributed by atoms with Gasteiger partial charge in [-0.2, -0.15) is 0 Å². The van der Waals surface area contributed by atoms with E-state index in [1.165, 1.54) is 231 Å². The number of rotatable bonds is 62. The molecule has 1 unspecified atom stereocenters. The first-order valence-corrected chi connectivity index (χ1v) is 33.6. The van der Waals surface area contributed by atoms with Gasteiger partial charge in [0.25, 0.3) is 0 Å². The van der Waals surface area contributed by atoms with Gasteiger partial charge in [-0.25, -0.2) is 0 Å². The molecule has 76 heavy (non-hydrogen) atoms. The Bertz CT molecular complexity index is 1310. The fraction of sp³-hybridized carbons (Fsp3) is 0.843. The highest BCUT2D eigenvalue weighted by Crippen LogP contribution is 2.18. The summed E-state index contributed by atoms with van der Waals surface area (Å²) in [7, 11) is 0. The molecule has 0 bridgehead atoms. The number of esters is 3. The van der Waals surface area contributed by atoms with Crippen molar-refractivity contribution < 1.29 is 28.6 Å². The van der Waals surface area contributed by atoms with E-state index in [1.807, 2.05) is 0 Å². The topological polar surface area (TPSA) is 78.9 Å². The van der Waals surface area contributed by atoms with Crippen molar-refractivity contribution in [1.29, 1.82) is 0 Å². The molecule has 0 radical (unpaired) electrons. The van der Waals surface area contributed by atoms with Crippen molar-refractivity contribution in [2.45, 2.75) is 367 Å². The number of hydrogen-bond donors (Lipinski definition) is 0. The number of unbranched alkanes of at least 4 members (excludes halogenated alkanes) is 43. The molecule has 0 aliphatic carbocycles. The Kier molecular flexibility index (Phi) is 62.6. The molecule has 0 amide bonds. The van der Waals surface area contributed by atoms with Gasteiger partial charge in [-0.3, -0.25) is 14.4 Å². The first kappa shape index (κ1) is 73.4. The second-order valence-corrected chi connectivity index (χ2v) is 22.7. The molecule has 6 nitrogen and oxygen atoms in total. The fourth-order valence-electron chi connectivity index (χ4n) is 9.99. The number of carbonyl (C=O) groups excluding carboxylic acids is 3. The zero-order valence-corrected chi connectivity index (χ0v) is 51.0. The second kappa shape index (κ2) is 64.9. The van der Waals surface area contributed by atoms with Crippen LogP contribution < -0.4 is 0 Å². The minimum absolute atomic E-state index is 0.0733. The van der Waals surface area contributed by atoms with Crippen molar-refractivity contribution in [3.63, 3.8) is 0 Å². The van der Waals surface area contributed by atoms with Crippen molar-refractivity contribution in [1.82, 2.24) is 0 Å². The third kappa shape index (κ3) is 62.2. The van der Waals surface area contributed by atoms with Crippen LogP contribution >= 0.6 is 0 Å². The van der Waals surface area contributed by atoms with E-state index >= 15 is 0 Å². The average molecular weight is 1070 g/mol. The first-order valence-electron chi connectivity index (χ1n) is 33.6. The molecular weight excluding hydrogens is 937 g/mol. The van der Waals surface area contributed by atoms with Gasteiger partial charge < -0.3 is 14.2 Å². The Hall–Kier alpha value is -2.63. The lowest BCUT2D eigenvalue weighted by atomic mass is 10.0. The van der Waals surface area contributed by atoms with E-state index in [1.54, 1.807) is 0 Å². The van der Waals surface area contributed by atoms with E-state index in [0.717, 1.165) is 89.9 Å². The number of hydrogen-bond acceptors (Lipinski definition) is 6. The van der Waals surface area contributed by atoms with Crippen LogP contribution in [0.25, 0.3) is 0 Å². The Morgan fingerprint density at radius 2 is 0.500 bits per heavy atom. The van der Waals surface area contributed by atoms with E-state index in [0.29, 0.717) is 19.3 Å². The largest absolute Gasteiger partial charge is 0.462 e. The number of carbonyl (C=O) groups is 3. The molecular formula is C70H128O6. The summed E-state index contributed by atoms with van der Waals surface area (Å²) in [6.45, 7) is 6.61. The number of ether oxygens (including phenoxy) is 3. The van der Waals surface area contributed by atoms with Gasteiger partial charge in [0.2, 0.25) is 0 Å². The molecule has 0 heterocycles. The molecule has 0 rings (SSSR count). The average Bonchev–Trinajstić information content (AvgIpc) is 3.42. The van der Waals surface area contributed by atoms with Crippen LogP contribution in [0.2, 0.25) is 0 Å². The van der Waals surface area contributed by atoms with E-state index < -0.39 is 6.10 Å². The molecule has 0 aliphatic rings. The molecule has 0 saturated heterocycles. The summed E-state index contributed by atoms with van der Waals surface area (Å²) in [5.74, 6) is -0.865. The van der Waals surface area contributed by atoms with Crippen molar-refractivity contribution in [2.24, 2.45) is 0 Å². The summed E-state index contributed by atoms with van der Waals surface area (Å²) in [5.41, 5.74) is 0. The van der Waals surface area contributed by atoms with Crippen LogP contribution in [0.4, 0.5) is 0 Å². The Balaban J connectivity index is 4.22. The highest BCUT2D eigenvalue weighted by molar-refractivity contribution is 5.71. The van der Waals surface area contributed by atoms with Crippen LogP contribution in [0.3, 0.4) is 0 Å². The molecule has 444 valence electrons. The summed E-state index contributed by atoms with van der Waals surface area (Å²) < 4.78 is 16.9. The number of allylic oxidation sites excluding steroid dienone is 8. The minimum atomic E-state index is -0.777. The third-order valence-electron chi connectivity index (χ3n) is 15.0. The van der Waals surface area contributed by atoms with Crippen LogP contribution in [0, 0.1) is 0 Å². The summed E-state index contributed by atoms with van der Waals surface area (Å²) in [6, 6.07) is 0. The van der Waals surface area contributed by atoms with Gasteiger partial charge in [0.15, 0.2) is 6.10 Å². The molecule has 1 atom stereocenters. The van der Waals surface area contributed by atoms with Crippen LogP contribution in [-0.2, 0) is 28.6 Å². The lowest BCUT2D eigenvalue weighted by molar-refractivity contribution is -0.167. The van der Waals surface area contributed by atoms with Gasteiger partial charge in [-0.15, -0.1) is 0 Å². The maximum atomic E-state index is 12.9. The van der Waals surface area contributed by atoms with Gasteiger partial charge >= 0.3 is 17.9 Å². The summed E-state index contributed by atoms with van der Waals surface area (Å²) >= 11 is 0. The third-order valence-corrected chi connectivity index (χ3v) is 15.0. The normalized spacial score (nSPS) is 12.3. The highest BCUT2D eigenvalue weighted by atomic mass is 16.6. The van der Waals surface area contributed by atoms with E-state index in [9.17, 15) is 14.4 Å². The fourth-order valence-corrected chi connectivity index (χ4v) is 9.99. The van der Waals surface area contributed by atoms with Gasteiger partial charge in [-0.1, -0.05) is 313 Å². The van der Waals surface area contributed by atoms with E-state index in [2.05, 4.69) is 69.4 Å². The predicted molar refractivity (Wildman–Crippen MR) is 330 cm³/mol. The van der Waals surface area contributed by atoms with Crippen LogP contribution in [-0.4, -0.2) is 37.2 Å². The van der Waals surface area contributed by atoms with Crippen molar-refractivity contribution >= 4 is 17.9 Å². The van der Waals surface area contributed by atoms with Crippen molar-refractivity contribution in [3.8, 4) is 0 Å². The molecule has 0 aromatic carbocycles. The van der Waals surface area contributed by atoms with Crippen molar-refractivity contribution in [2.75, 3.05) is 13.2 Å². The zero-order chi connectivity index (χ0) is 55.0. The molecule has 6 heteroatoms. The Morgan fingerprint density at radius 1 is 0.263 bits per heavy atom. The van der Waals surface area contributed by atoms with Gasteiger partial charge in [0.1, 0.15) is 13.2 Å². The van der Waals surface area contributed by atoms with Gasteiger partial charge in [0, 0.05) is 19.3 Å². The Morgan fingerprint density at radius 3 is 0.776 bits per heavy atom. The lowest BCUT2D eigenvalue weighted by Crippen LogP contribution is -2.30.